The summed E-state index contributed by atoms with van der Waals surface area (Å²) in [6, 6.07) is 11.0. The van der Waals surface area contributed by atoms with Gasteiger partial charge in [0.25, 0.3) is 5.91 Å². The predicted molar refractivity (Wildman–Crippen MR) is 105 cm³/mol. The molecule has 3 rings (SSSR count). The third-order valence-electron chi connectivity index (χ3n) is 4.17. The number of carbonyl (C=O) groups excluding carboxylic acids is 1. The van der Waals surface area contributed by atoms with Gasteiger partial charge >= 0.3 is 0 Å². The van der Waals surface area contributed by atoms with Gasteiger partial charge in [0.1, 0.15) is 0 Å². The van der Waals surface area contributed by atoms with E-state index in [2.05, 4.69) is 10.0 Å². The molecule has 1 saturated carbocycles. The van der Waals surface area contributed by atoms with Crippen molar-refractivity contribution in [2.24, 2.45) is 5.92 Å². The summed E-state index contributed by atoms with van der Waals surface area (Å²) in [5.41, 5.74) is 0.654. The van der Waals surface area contributed by atoms with Crippen LogP contribution < -0.4 is 14.8 Å². The van der Waals surface area contributed by atoms with Crippen molar-refractivity contribution in [1.82, 2.24) is 4.72 Å². The Labute approximate surface area is 163 Å². The second-order valence-electron chi connectivity index (χ2n) is 6.33. The summed E-state index contributed by atoms with van der Waals surface area (Å²) >= 11 is 6.12. The molecule has 2 N–H and O–H groups in total. The van der Waals surface area contributed by atoms with Gasteiger partial charge in [-0.15, -0.1) is 0 Å². The summed E-state index contributed by atoms with van der Waals surface area (Å²) in [4.78, 5) is 12.7. The maximum atomic E-state index is 12.6. The molecule has 0 radical (unpaired) electrons. The van der Waals surface area contributed by atoms with Crippen LogP contribution in [-0.2, 0) is 10.0 Å². The van der Waals surface area contributed by atoms with Crippen molar-refractivity contribution < 1.29 is 17.9 Å². The number of benzene rings is 2. The second kappa shape index (κ2) is 8.29. The van der Waals surface area contributed by atoms with Crippen molar-refractivity contribution in [3.8, 4) is 5.75 Å². The molecule has 0 aliphatic heterocycles. The maximum Gasteiger partial charge on any atom is 0.255 e. The van der Waals surface area contributed by atoms with Gasteiger partial charge in [0, 0.05) is 12.1 Å². The lowest BCUT2D eigenvalue weighted by Crippen LogP contribution is -2.26. The van der Waals surface area contributed by atoms with E-state index >= 15 is 0 Å². The van der Waals surface area contributed by atoms with Crippen molar-refractivity contribution in [1.29, 1.82) is 0 Å². The Morgan fingerprint density at radius 1 is 1.22 bits per heavy atom. The lowest BCUT2D eigenvalue weighted by atomic mass is 10.2. The SMILES string of the molecule is CCOc1c(Cl)cccc1NC(=O)c1cccc(S(=O)(=O)NCC2CC2)c1. The largest absolute Gasteiger partial charge is 0.490 e. The lowest BCUT2D eigenvalue weighted by Gasteiger charge is -2.13. The van der Waals surface area contributed by atoms with Crippen molar-refractivity contribution in [2.75, 3.05) is 18.5 Å². The molecule has 0 bridgehead atoms. The van der Waals surface area contributed by atoms with E-state index in [0.717, 1.165) is 12.8 Å². The van der Waals surface area contributed by atoms with E-state index in [9.17, 15) is 13.2 Å². The minimum Gasteiger partial charge on any atom is -0.490 e. The quantitative estimate of drug-likeness (QED) is 0.697. The molecule has 1 aliphatic carbocycles. The number of para-hydroxylation sites is 1. The Morgan fingerprint density at radius 3 is 2.67 bits per heavy atom. The molecule has 0 aromatic heterocycles. The van der Waals surface area contributed by atoms with Crippen LogP contribution in [0.2, 0.25) is 5.02 Å². The number of amides is 1. The third kappa shape index (κ3) is 5.00. The van der Waals surface area contributed by atoms with Crippen molar-refractivity contribution in [3.63, 3.8) is 0 Å². The molecule has 144 valence electrons. The molecular weight excluding hydrogens is 388 g/mol. The van der Waals surface area contributed by atoms with E-state index in [-0.39, 0.29) is 10.5 Å². The zero-order chi connectivity index (χ0) is 19.4. The van der Waals surface area contributed by atoms with Gasteiger partial charge in [0.15, 0.2) is 5.75 Å². The molecule has 1 fully saturated rings. The van der Waals surface area contributed by atoms with Crippen LogP contribution in [0.3, 0.4) is 0 Å². The fourth-order valence-corrected chi connectivity index (χ4v) is 3.92. The van der Waals surface area contributed by atoms with Gasteiger partial charge in [-0.3, -0.25) is 4.79 Å². The molecule has 0 spiro atoms. The highest BCUT2D eigenvalue weighted by Gasteiger charge is 2.24. The van der Waals surface area contributed by atoms with Gasteiger partial charge in [-0.05, 0) is 56.0 Å². The van der Waals surface area contributed by atoms with E-state index in [1.165, 1.54) is 12.1 Å². The minimum atomic E-state index is -3.64. The van der Waals surface area contributed by atoms with Gasteiger partial charge in [-0.25, -0.2) is 13.1 Å². The topological polar surface area (TPSA) is 84.5 Å². The molecule has 1 aliphatic rings. The number of nitrogens with one attached hydrogen (secondary N) is 2. The summed E-state index contributed by atoms with van der Waals surface area (Å²) < 4.78 is 32.9. The molecule has 0 unspecified atom stereocenters. The van der Waals surface area contributed by atoms with Crippen LogP contribution in [-0.4, -0.2) is 27.5 Å². The third-order valence-corrected chi connectivity index (χ3v) is 5.89. The number of sulfonamides is 1. The van der Waals surface area contributed by atoms with Crippen LogP contribution in [0.1, 0.15) is 30.1 Å². The van der Waals surface area contributed by atoms with E-state index in [0.29, 0.717) is 35.5 Å². The van der Waals surface area contributed by atoms with E-state index in [1.54, 1.807) is 30.3 Å². The first-order chi connectivity index (χ1) is 12.9. The normalized spacial score (nSPS) is 14.0. The standard InChI is InChI=1S/C19H21ClN2O4S/c1-2-26-18-16(20)7-4-8-17(18)22-19(23)14-5-3-6-15(11-14)27(24,25)21-12-13-9-10-13/h3-8,11,13,21H,2,9-10,12H2,1H3,(H,22,23). The fraction of sp³-hybridized carbons (Fsp3) is 0.316. The Balaban J connectivity index is 1.79. The zero-order valence-corrected chi connectivity index (χ0v) is 16.4. The Hall–Kier alpha value is -2.09. The lowest BCUT2D eigenvalue weighted by molar-refractivity contribution is 0.102. The van der Waals surface area contributed by atoms with Crippen molar-refractivity contribution >= 4 is 33.2 Å². The molecule has 27 heavy (non-hydrogen) atoms. The van der Waals surface area contributed by atoms with E-state index in [1.807, 2.05) is 6.92 Å². The Morgan fingerprint density at radius 2 is 1.96 bits per heavy atom. The highest BCUT2D eigenvalue weighted by atomic mass is 35.5. The fourth-order valence-electron chi connectivity index (χ4n) is 2.53. The first-order valence-electron chi connectivity index (χ1n) is 8.73. The minimum absolute atomic E-state index is 0.0620. The number of ether oxygens (including phenoxy) is 1. The van der Waals surface area contributed by atoms with Crippen molar-refractivity contribution in [3.05, 3.63) is 53.1 Å². The van der Waals surface area contributed by atoms with Crippen LogP contribution in [0.5, 0.6) is 5.75 Å². The summed E-state index contributed by atoms with van der Waals surface area (Å²) in [5, 5.41) is 3.11. The molecule has 8 heteroatoms. The van der Waals surface area contributed by atoms with Gasteiger partial charge < -0.3 is 10.1 Å². The van der Waals surface area contributed by atoms with Crippen LogP contribution in [0.25, 0.3) is 0 Å². The first-order valence-corrected chi connectivity index (χ1v) is 10.6. The second-order valence-corrected chi connectivity index (χ2v) is 8.50. The summed E-state index contributed by atoms with van der Waals surface area (Å²) in [6.07, 6.45) is 2.10. The van der Waals surface area contributed by atoms with Crippen LogP contribution in [0.15, 0.2) is 47.4 Å². The highest BCUT2D eigenvalue weighted by molar-refractivity contribution is 7.89. The number of halogens is 1. The van der Waals surface area contributed by atoms with Crippen LogP contribution in [0, 0.1) is 5.92 Å². The number of hydrogen-bond acceptors (Lipinski definition) is 4. The number of anilines is 1. The average molecular weight is 409 g/mol. The van der Waals surface area contributed by atoms with Crippen molar-refractivity contribution in [2.45, 2.75) is 24.7 Å². The summed E-state index contributed by atoms with van der Waals surface area (Å²) in [5.74, 6) is 0.355. The van der Waals surface area contributed by atoms with Gasteiger partial charge in [0.05, 0.1) is 22.2 Å². The number of hydrogen-bond donors (Lipinski definition) is 2. The predicted octanol–water partition coefficient (Wildman–Crippen LogP) is 3.68. The zero-order valence-electron chi connectivity index (χ0n) is 14.9. The molecule has 0 atom stereocenters. The Bertz CT molecular complexity index is 942. The summed E-state index contributed by atoms with van der Waals surface area (Å²) in [7, 11) is -3.64. The Kier molecular flexibility index (Phi) is 6.04. The highest BCUT2D eigenvalue weighted by Crippen LogP contribution is 2.33. The molecule has 2 aromatic rings. The van der Waals surface area contributed by atoms with E-state index in [4.69, 9.17) is 16.3 Å². The monoisotopic (exact) mass is 408 g/mol. The van der Waals surface area contributed by atoms with Gasteiger partial charge in [0.2, 0.25) is 10.0 Å². The maximum absolute atomic E-state index is 12.6. The van der Waals surface area contributed by atoms with Crippen LogP contribution in [0.4, 0.5) is 5.69 Å². The number of rotatable bonds is 8. The smallest absolute Gasteiger partial charge is 0.255 e. The van der Waals surface area contributed by atoms with Gasteiger partial charge in [-0.2, -0.15) is 0 Å². The van der Waals surface area contributed by atoms with E-state index < -0.39 is 15.9 Å². The average Bonchev–Trinajstić information content (AvgIpc) is 3.48. The molecular formula is C19H21ClN2O4S. The molecule has 6 nitrogen and oxygen atoms in total. The molecule has 2 aromatic carbocycles. The number of carbonyl (C=O) groups is 1. The van der Waals surface area contributed by atoms with Crippen LogP contribution >= 0.6 is 11.6 Å². The summed E-state index contributed by atoms with van der Waals surface area (Å²) in [6.45, 7) is 2.64. The molecule has 1 amide bonds. The molecule has 0 saturated heterocycles. The first kappa shape index (κ1) is 19.7. The molecule has 0 heterocycles. The van der Waals surface area contributed by atoms with Gasteiger partial charge in [-0.1, -0.05) is 23.7 Å².